The van der Waals surface area contributed by atoms with Crippen LogP contribution in [0.25, 0.3) is 0 Å². The highest BCUT2D eigenvalue weighted by Gasteiger charge is 2.37. The Bertz CT molecular complexity index is 1260. The number of nitro benzene ring substituents is 1. The number of carbonyl (C=O) groups is 2. The number of non-ortho nitro benzene ring substituents is 1. The maximum absolute atomic E-state index is 13.0. The molecule has 12 nitrogen and oxygen atoms in total. The molecule has 0 saturated heterocycles. The second-order valence-corrected chi connectivity index (χ2v) is 6.86. The molecule has 1 aliphatic heterocycles. The van der Waals surface area contributed by atoms with Crippen molar-refractivity contribution in [2.24, 2.45) is 10.2 Å². The lowest BCUT2D eigenvalue weighted by Gasteiger charge is -2.26. The summed E-state index contributed by atoms with van der Waals surface area (Å²) >= 11 is 6.07. The molecule has 0 N–H and O–H groups in total. The van der Waals surface area contributed by atoms with Crippen LogP contribution < -0.4 is 9.80 Å². The quantitative estimate of drug-likeness (QED) is 0.342. The number of nitrogens with zero attached hydrogens (tertiary/aromatic N) is 8. The van der Waals surface area contributed by atoms with Gasteiger partial charge in [-0.1, -0.05) is 11.6 Å². The number of urea groups is 1. The number of rotatable bonds is 4. The van der Waals surface area contributed by atoms with E-state index in [-0.39, 0.29) is 39.3 Å². The maximum Gasteiger partial charge on any atom is 0.330 e. The van der Waals surface area contributed by atoms with Crippen LogP contribution in [-0.2, 0) is 0 Å². The van der Waals surface area contributed by atoms with Crippen LogP contribution in [0.2, 0.25) is 5.02 Å². The number of nitro groups is 1. The summed E-state index contributed by atoms with van der Waals surface area (Å²) < 4.78 is 1.06. The predicted molar refractivity (Wildman–Crippen MR) is 111 cm³/mol. The van der Waals surface area contributed by atoms with Crippen LogP contribution in [0.4, 0.5) is 33.5 Å². The Kier molecular flexibility index (Phi) is 4.91. The van der Waals surface area contributed by atoms with Gasteiger partial charge in [0.05, 0.1) is 15.5 Å². The summed E-state index contributed by atoms with van der Waals surface area (Å²) in [6.45, 7) is 0. The summed E-state index contributed by atoms with van der Waals surface area (Å²) in [7, 11) is 2.96. The van der Waals surface area contributed by atoms with E-state index in [0.29, 0.717) is 0 Å². The number of azo groups is 1. The first kappa shape index (κ1) is 20.1. The molecule has 0 atom stereocenters. The molecule has 3 heterocycles. The summed E-state index contributed by atoms with van der Waals surface area (Å²) in [6.07, 6.45) is 2.91. The molecule has 2 aromatic heterocycles. The first-order valence-electron chi connectivity index (χ1n) is 8.74. The van der Waals surface area contributed by atoms with Gasteiger partial charge in [-0.15, -0.1) is 15.3 Å². The molecule has 2 bridgehead atoms. The van der Waals surface area contributed by atoms with E-state index in [9.17, 15) is 19.7 Å². The number of anilines is 2. The van der Waals surface area contributed by atoms with Crippen molar-refractivity contribution in [2.75, 3.05) is 23.9 Å². The van der Waals surface area contributed by atoms with Gasteiger partial charge in [-0.2, -0.15) is 4.68 Å². The van der Waals surface area contributed by atoms with Crippen LogP contribution in [0.5, 0.6) is 0 Å². The zero-order valence-electron chi connectivity index (χ0n) is 16.1. The zero-order valence-corrected chi connectivity index (χ0v) is 16.9. The smallest absolute Gasteiger partial charge is 0.279 e. The molecular formula is C18H13ClN8O4. The standard InChI is InChI=1S/C18H13ClN8O4/c1-24-15-14(22-21-13-6-5-11(27(30)31)8-12(13)19)16(25(2)18(24)29)26(23-15)17(28)10-4-3-7-20-9-10/h3-9H,1-2H3. The van der Waals surface area contributed by atoms with Crippen LogP contribution in [0.3, 0.4) is 0 Å². The molecule has 0 radical (unpaired) electrons. The number of aromatic nitrogens is 3. The lowest BCUT2D eigenvalue weighted by molar-refractivity contribution is -0.384. The third-order valence-corrected chi connectivity index (χ3v) is 4.83. The van der Waals surface area contributed by atoms with E-state index >= 15 is 0 Å². The number of hydrogen-bond donors (Lipinski definition) is 0. The van der Waals surface area contributed by atoms with E-state index in [1.54, 1.807) is 12.1 Å². The third-order valence-electron chi connectivity index (χ3n) is 4.53. The number of amides is 2. The molecule has 3 aromatic rings. The summed E-state index contributed by atoms with van der Waals surface area (Å²) in [5, 5.41) is 23.3. The van der Waals surface area contributed by atoms with Gasteiger partial charge in [-0.3, -0.25) is 29.7 Å². The van der Waals surface area contributed by atoms with Gasteiger partial charge >= 0.3 is 6.03 Å². The average Bonchev–Trinajstić information content (AvgIpc) is 3.11. The molecule has 1 aromatic carbocycles. The van der Waals surface area contributed by atoms with Gasteiger partial charge in [0.15, 0.2) is 17.3 Å². The molecule has 31 heavy (non-hydrogen) atoms. The molecule has 1 aliphatic rings. The minimum Gasteiger partial charge on any atom is -0.279 e. The van der Waals surface area contributed by atoms with Crippen molar-refractivity contribution < 1.29 is 14.5 Å². The second kappa shape index (κ2) is 7.57. The van der Waals surface area contributed by atoms with Gasteiger partial charge in [0, 0.05) is 38.6 Å². The second-order valence-electron chi connectivity index (χ2n) is 6.45. The van der Waals surface area contributed by atoms with E-state index in [1.165, 1.54) is 48.4 Å². The fourth-order valence-corrected chi connectivity index (χ4v) is 3.17. The molecule has 156 valence electrons. The average molecular weight is 441 g/mol. The highest BCUT2D eigenvalue weighted by Crippen LogP contribution is 2.43. The Balaban J connectivity index is 1.80. The SMILES string of the molecule is CN1C(=O)N(C)c2c(N=Nc3ccc([N+](=O)[O-])cc3Cl)c1nn2C(=O)c1cccnc1. The van der Waals surface area contributed by atoms with Crippen LogP contribution in [-0.4, -0.2) is 45.7 Å². The lowest BCUT2D eigenvalue weighted by Crippen LogP contribution is -2.41. The number of benzene rings is 1. The molecule has 2 amide bonds. The van der Waals surface area contributed by atoms with E-state index < -0.39 is 16.9 Å². The van der Waals surface area contributed by atoms with Crippen molar-refractivity contribution in [3.8, 4) is 0 Å². The van der Waals surface area contributed by atoms with Gasteiger partial charge in [0.25, 0.3) is 11.6 Å². The lowest BCUT2D eigenvalue weighted by atomic mass is 10.2. The minimum absolute atomic E-state index is 0.0229. The summed E-state index contributed by atoms with van der Waals surface area (Å²) in [5.41, 5.74) is 0.417. The van der Waals surface area contributed by atoms with E-state index in [0.717, 1.165) is 10.7 Å². The number of fused-ring (bicyclic) bond motifs is 2. The Hall–Kier alpha value is -4.19. The number of hydrogen-bond acceptors (Lipinski definition) is 8. The van der Waals surface area contributed by atoms with Crippen molar-refractivity contribution in [3.05, 3.63) is 63.4 Å². The van der Waals surface area contributed by atoms with Crippen molar-refractivity contribution in [1.29, 1.82) is 0 Å². The number of carbonyl (C=O) groups excluding carboxylic acids is 2. The van der Waals surface area contributed by atoms with E-state index in [4.69, 9.17) is 11.6 Å². The van der Waals surface area contributed by atoms with E-state index in [2.05, 4.69) is 20.3 Å². The van der Waals surface area contributed by atoms with Crippen molar-refractivity contribution in [2.45, 2.75) is 0 Å². The first-order valence-corrected chi connectivity index (χ1v) is 9.12. The summed E-state index contributed by atoms with van der Waals surface area (Å²) in [6, 6.07) is 6.50. The largest absolute Gasteiger partial charge is 0.330 e. The van der Waals surface area contributed by atoms with Crippen LogP contribution in [0.1, 0.15) is 10.4 Å². The molecule has 0 fully saturated rings. The monoisotopic (exact) mass is 440 g/mol. The Morgan fingerprint density at radius 3 is 2.61 bits per heavy atom. The molecule has 0 aliphatic carbocycles. The molecule has 0 spiro atoms. The fraction of sp³-hybridized carbons (Fsp3) is 0.111. The third kappa shape index (κ3) is 3.38. The molecular weight excluding hydrogens is 428 g/mol. The highest BCUT2D eigenvalue weighted by atomic mass is 35.5. The highest BCUT2D eigenvalue weighted by molar-refractivity contribution is 6.33. The zero-order chi connectivity index (χ0) is 22.3. The van der Waals surface area contributed by atoms with Crippen molar-refractivity contribution in [3.63, 3.8) is 0 Å². The minimum atomic E-state index is -0.578. The van der Waals surface area contributed by atoms with Crippen LogP contribution in [0.15, 0.2) is 53.0 Å². The summed E-state index contributed by atoms with van der Waals surface area (Å²) in [5.74, 6) is -0.264. The van der Waals surface area contributed by atoms with Crippen molar-refractivity contribution >= 4 is 52.2 Å². The van der Waals surface area contributed by atoms with Gasteiger partial charge in [0.1, 0.15) is 5.69 Å². The van der Waals surface area contributed by atoms with E-state index in [1.807, 2.05) is 0 Å². The molecule has 0 unspecified atom stereocenters. The van der Waals surface area contributed by atoms with Gasteiger partial charge in [-0.25, -0.2) is 4.79 Å². The molecule has 4 rings (SSSR count). The summed E-state index contributed by atoms with van der Waals surface area (Å²) in [4.78, 5) is 42.1. The van der Waals surface area contributed by atoms with Crippen molar-refractivity contribution in [1.82, 2.24) is 14.8 Å². The Morgan fingerprint density at radius 1 is 1.19 bits per heavy atom. The number of halogens is 1. The first-order chi connectivity index (χ1) is 14.8. The van der Waals surface area contributed by atoms with Gasteiger partial charge in [-0.05, 0) is 18.2 Å². The maximum atomic E-state index is 13.0. The van der Waals surface area contributed by atoms with Crippen LogP contribution >= 0.6 is 11.6 Å². The predicted octanol–water partition coefficient (Wildman–Crippen LogP) is 3.95. The topological polar surface area (TPSA) is 139 Å². The van der Waals surface area contributed by atoms with Gasteiger partial charge in [0.2, 0.25) is 0 Å². The normalized spacial score (nSPS) is 13.2. The number of pyridine rings is 1. The molecule has 13 heteroatoms. The van der Waals surface area contributed by atoms with Gasteiger partial charge < -0.3 is 0 Å². The van der Waals surface area contributed by atoms with Crippen LogP contribution in [0, 0.1) is 10.1 Å². The Labute approximate surface area is 179 Å². The fourth-order valence-electron chi connectivity index (χ4n) is 2.96. The Morgan fingerprint density at radius 2 is 1.97 bits per heavy atom. The molecule has 0 saturated carbocycles.